The molecule has 2 N–H and O–H groups in total. The summed E-state index contributed by atoms with van der Waals surface area (Å²) < 4.78 is 10.8. The maximum absolute atomic E-state index is 12.2. The molecule has 0 aromatic heterocycles. The maximum atomic E-state index is 12.2. The monoisotopic (exact) mass is 384 g/mol. The van der Waals surface area contributed by atoms with Crippen molar-refractivity contribution in [2.45, 2.75) is 39.5 Å². The van der Waals surface area contributed by atoms with Crippen LogP contribution < -0.4 is 15.4 Å². The Labute approximate surface area is 164 Å². The molecule has 2 rings (SSSR count). The predicted molar refractivity (Wildman–Crippen MR) is 104 cm³/mol. The summed E-state index contributed by atoms with van der Waals surface area (Å²) >= 11 is 0. The van der Waals surface area contributed by atoms with Crippen LogP contribution in [0.25, 0.3) is 0 Å². The number of amides is 3. The summed E-state index contributed by atoms with van der Waals surface area (Å²) in [6.45, 7) is 5.30. The van der Waals surface area contributed by atoms with Gasteiger partial charge in [0.2, 0.25) is 0 Å². The first-order valence-corrected chi connectivity index (χ1v) is 8.94. The van der Waals surface area contributed by atoms with Gasteiger partial charge in [-0.2, -0.15) is 0 Å². The third kappa shape index (κ3) is 6.75. The highest BCUT2D eigenvalue weighted by molar-refractivity contribution is 5.98. The highest BCUT2D eigenvalue weighted by Crippen LogP contribution is 2.13. The van der Waals surface area contributed by atoms with Crippen molar-refractivity contribution in [3.63, 3.8) is 0 Å². The van der Waals surface area contributed by atoms with Gasteiger partial charge in [-0.15, -0.1) is 0 Å². The van der Waals surface area contributed by atoms with Crippen LogP contribution in [-0.4, -0.2) is 30.1 Å². The number of carbonyl (C=O) groups is 3. The predicted octanol–water partition coefficient (Wildman–Crippen LogP) is 3.05. The highest BCUT2D eigenvalue weighted by atomic mass is 16.5. The van der Waals surface area contributed by atoms with E-state index < -0.39 is 24.0 Å². The van der Waals surface area contributed by atoms with Gasteiger partial charge in [0.05, 0.1) is 5.56 Å². The first kappa shape index (κ1) is 21.0. The lowest BCUT2D eigenvalue weighted by Gasteiger charge is -2.14. The number of para-hydroxylation sites is 1. The fraction of sp³-hybridized carbons (Fsp3) is 0.286. The molecule has 0 heterocycles. The van der Waals surface area contributed by atoms with Crippen LogP contribution in [0.2, 0.25) is 0 Å². The number of carbonyl (C=O) groups excluding carboxylic acids is 3. The van der Waals surface area contributed by atoms with Crippen LogP contribution >= 0.6 is 0 Å². The molecule has 7 heteroatoms. The molecule has 0 saturated heterocycles. The number of nitrogens with one attached hydrogen (secondary N) is 2. The van der Waals surface area contributed by atoms with Crippen LogP contribution in [0, 0.1) is 0 Å². The van der Waals surface area contributed by atoms with Crippen LogP contribution in [0.3, 0.4) is 0 Å². The Balaban J connectivity index is 1.84. The molecule has 7 nitrogen and oxygen atoms in total. The average molecular weight is 384 g/mol. The Hall–Kier alpha value is -3.35. The second-order valence-corrected chi connectivity index (χ2v) is 6.46. The maximum Gasteiger partial charge on any atom is 0.338 e. The van der Waals surface area contributed by atoms with Gasteiger partial charge in [0.25, 0.3) is 5.91 Å². The largest absolute Gasteiger partial charge is 0.489 e. The number of hydrogen-bond donors (Lipinski definition) is 2. The molecule has 1 atom stereocenters. The van der Waals surface area contributed by atoms with Crippen molar-refractivity contribution in [1.82, 2.24) is 10.6 Å². The minimum absolute atomic E-state index is 0.116. The van der Waals surface area contributed by atoms with Crippen molar-refractivity contribution in [3.8, 4) is 5.75 Å². The number of benzene rings is 2. The van der Waals surface area contributed by atoms with Crippen molar-refractivity contribution in [1.29, 1.82) is 0 Å². The third-order valence-corrected chi connectivity index (χ3v) is 3.65. The topological polar surface area (TPSA) is 93.7 Å². The Morgan fingerprint density at radius 3 is 2.18 bits per heavy atom. The van der Waals surface area contributed by atoms with Gasteiger partial charge in [-0.05, 0) is 50.6 Å². The van der Waals surface area contributed by atoms with Crippen molar-refractivity contribution in [3.05, 3.63) is 65.7 Å². The molecular formula is C21H24N2O5. The molecule has 0 fully saturated rings. The molecule has 3 amide bonds. The minimum Gasteiger partial charge on any atom is -0.489 e. The molecule has 0 aliphatic heterocycles. The number of rotatable bonds is 7. The number of urea groups is 1. The summed E-state index contributed by atoms with van der Waals surface area (Å²) in [6.07, 6.45) is -1.11. The van der Waals surface area contributed by atoms with E-state index in [9.17, 15) is 14.4 Å². The van der Waals surface area contributed by atoms with Crippen LogP contribution in [-0.2, 0) is 16.1 Å². The van der Waals surface area contributed by atoms with Gasteiger partial charge < -0.3 is 14.8 Å². The van der Waals surface area contributed by atoms with Crippen molar-refractivity contribution < 1.29 is 23.9 Å². The van der Waals surface area contributed by atoms with E-state index in [4.69, 9.17) is 9.47 Å². The van der Waals surface area contributed by atoms with E-state index >= 15 is 0 Å². The zero-order valence-corrected chi connectivity index (χ0v) is 16.1. The Morgan fingerprint density at radius 2 is 1.57 bits per heavy atom. The Kier molecular flexibility index (Phi) is 7.56. The van der Waals surface area contributed by atoms with Crippen molar-refractivity contribution in [2.75, 3.05) is 0 Å². The molecule has 2 aromatic carbocycles. The van der Waals surface area contributed by atoms with Crippen LogP contribution in [0.4, 0.5) is 4.79 Å². The summed E-state index contributed by atoms with van der Waals surface area (Å²) in [7, 11) is 0. The third-order valence-electron chi connectivity index (χ3n) is 3.65. The summed E-state index contributed by atoms with van der Waals surface area (Å²) in [5.74, 6) is -0.589. The highest BCUT2D eigenvalue weighted by Gasteiger charge is 2.21. The van der Waals surface area contributed by atoms with Gasteiger partial charge in [-0.1, -0.05) is 30.3 Å². The molecule has 0 spiro atoms. The van der Waals surface area contributed by atoms with Gasteiger partial charge in [0, 0.05) is 6.04 Å². The van der Waals surface area contributed by atoms with E-state index in [0.29, 0.717) is 12.2 Å². The summed E-state index contributed by atoms with van der Waals surface area (Å²) in [5, 5.41) is 4.65. The zero-order valence-electron chi connectivity index (χ0n) is 16.1. The van der Waals surface area contributed by atoms with Gasteiger partial charge in [-0.3, -0.25) is 10.1 Å². The van der Waals surface area contributed by atoms with Crippen LogP contribution in [0.15, 0.2) is 54.6 Å². The number of hydrogen-bond acceptors (Lipinski definition) is 5. The second-order valence-electron chi connectivity index (χ2n) is 6.46. The fourth-order valence-corrected chi connectivity index (χ4v) is 2.21. The summed E-state index contributed by atoms with van der Waals surface area (Å²) in [5.41, 5.74) is 1.19. The van der Waals surface area contributed by atoms with E-state index in [1.807, 2.05) is 30.3 Å². The zero-order chi connectivity index (χ0) is 20.5. The SMILES string of the molecule is CC(C)NC(=O)NC(=O)[C@H](C)OC(=O)c1ccc(COc2ccccc2)cc1. The normalized spacial score (nSPS) is 11.4. The van der Waals surface area contributed by atoms with Gasteiger partial charge in [0.15, 0.2) is 6.10 Å². The molecule has 0 saturated carbocycles. The van der Waals surface area contributed by atoms with E-state index in [1.54, 1.807) is 38.1 Å². The first-order valence-electron chi connectivity index (χ1n) is 8.94. The number of ether oxygens (including phenoxy) is 2. The fourth-order valence-electron chi connectivity index (χ4n) is 2.21. The molecule has 0 radical (unpaired) electrons. The molecule has 0 aliphatic rings. The molecule has 0 bridgehead atoms. The number of esters is 1. The average Bonchev–Trinajstić information content (AvgIpc) is 2.66. The van der Waals surface area contributed by atoms with Crippen LogP contribution in [0.5, 0.6) is 5.75 Å². The lowest BCUT2D eigenvalue weighted by atomic mass is 10.1. The smallest absolute Gasteiger partial charge is 0.338 e. The van der Waals surface area contributed by atoms with Gasteiger partial charge in [0.1, 0.15) is 12.4 Å². The summed E-state index contributed by atoms with van der Waals surface area (Å²) in [4.78, 5) is 35.6. The molecule has 28 heavy (non-hydrogen) atoms. The Morgan fingerprint density at radius 1 is 0.929 bits per heavy atom. The summed E-state index contributed by atoms with van der Waals surface area (Å²) in [6, 6.07) is 15.4. The van der Waals surface area contributed by atoms with Gasteiger partial charge >= 0.3 is 12.0 Å². The molecular weight excluding hydrogens is 360 g/mol. The van der Waals surface area contributed by atoms with E-state index in [2.05, 4.69) is 10.6 Å². The van der Waals surface area contributed by atoms with Gasteiger partial charge in [-0.25, -0.2) is 9.59 Å². The lowest BCUT2D eigenvalue weighted by Crippen LogP contribution is -2.46. The van der Waals surface area contributed by atoms with E-state index in [0.717, 1.165) is 11.3 Å². The minimum atomic E-state index is -1.11. The lowest BCUT2D eigenvalue weighted by molar-refractivity contribution is -0.127. The first-order chi connectivity index (χ1) is 13.3. The molecule has 148 valence electrons. The van der Waals surface area contributed by atoms with E-state index in [1.165, 1.54) is 6.92 Å². The molecule has 0 unspecified atom stereocenters. The van der Waals surface area contributed by atoms with Crippen molar-refractivity contribution in [2.24, 2.45) is 0 Å². The Bertz CT molecular complexity index is 803. The standard InChI is InChI=1S/C21H24N2O5/c1-14(2)22-21(26)23-19(24)15(3)28-20(25)17-11-9-16(10-12-17)13-27-18-7-5-4-6-8-18/h4-12,14-15H,13H2,1-3H3,(H2,22,23,24,26)/t15-/m0/s1. The van der Waals surface area contributed by atoms with E-state index in [-0.39, 0.29) is 6.04 Å². The second kappa shape index (κ2) is 10.1. The molecule has 2 aromatic rings. The van der Waals surface area contributed by atoms with Crippen molar-refractivity contribution >= 4 is 17.9 Å². The number of imide groups is 1. The molecule has 0 aliphatic carbocycles. The quantitative estimate of drug-likeness (QED) is 0.716. The van der Waals surface area contributed by atoms with Crippen LogP contribution in [0.1, 0.15) is 36.7 Å².